The number of nitrogens with zero attached hydrogens (tertiary/aromatic N) is 2. The quantitative estimate of drug-likeness (QED) is 0.183. The summed E-state index contributed by atoms with van der Waals surface area (Å²) in [6, 6.07) is 66.9. The first-order valence-electron chi connectivity index (χ1n) is 18.8. The Kier molecular flexibility index (Phi) is 6.99. The zero-order valence-electron chi connectivity index (χ0n) is 30.2. The van der Waals surface area contributed by atoms with Crippen LogP contribution in [0.3, 0.4) is 0 Å². The fraction of sp³-hybridized carbons (Fsp3) is 0.0385. The molecular formula is C52H34N2O. The van der Waals surface area contributed by atoms with Crippen molar-refractivity contribution in [3.05, 3.63) is 216 Å². The topological polar surface area (TPSA) is 35.0 Å². The number of benzene rings is 8. The molecular weight excluding hydrogens is 669 g/mol. The molecule has 3 nitrogen and oxygen atoms in total. The molecule has 0 unspecified atom stereocenters. The van der Waals surface area contributed by atoms with Crippen LogP contribution in [-0.2, 0) is 5.41 Å². The van der Waals surface area contributed by atoms with E-state index in [1.165, 1.54) is 33.0 Å². The van der Waals surface area contributed by atoms with Gasteiger partial charge in [0.05, 0.1) is 16.8 Å². The first-order valence-corrected chi connectivity index (χ1v) is 18.8. The van der Waals surface area contributed by atoms with Crippen LogP contribution in [0, 0.1) is 6.92 Å². The predicted octanol–water partition coefficient (Wildman–Crippen LogP) is 13.1. The Morgan fingerprint density at radius 1 is 0.400 bits per heavy atom. The Labute approximate surface area is 320 Å². The van der Waals surface area contributed by atoms with E-state index in [0.717, 1.165) is 67.4 Å². The highest BCUT2D eigenvalue weighted by atomic mass is 16.5. The molecule has 2 heterocycles. The van der Waals surface area contributed by atoms with E-state index in [4.69, 9.17) is 14.7 Å². The minimum atomic E-state index is -0.545. The number of aromatic nitrogens is 2. The molecule has 1 spiro atoms. The molecule has 0 bridgehead atoms. The highest BCUT2D eigenvalue weighted by Gasteiger charge is 2.51. The molecule has 11 rings (SSSR count). The van der Waals surface area contributed by atoms with Crippen LogP contribution in [0.2, 0.25) is 0 Å². The molecule has 0 radical (unpaired) electrons. The van der Waals surface area contributed by atoms with Crippen LogP contribution in [0.25, 0.3) is 66.9 Å². The fourth-order valence-electron chi connectivity index (χ4n) is 9.13. The van der Waals surface area contributed by atoms with E-state index in [0.29, 0.717) is 5.82 Å². The summed E-state index contributed by atoms with van der Waals surface area (Å²) in [5.41, 5.74) is 14.8. The van der Waals surface area contributed by atoms with Crippen LogP contribution in [0.4, 0.5) is 0 Å². The van der Waals surface area contributed by atoms with Gasteiger partial charge in [0.15, 0.2) is 5.82 Å². The molecule has 0 saturated carbocycles. The SMILES string of the molecule is Cc1c(-c2ccc3ccccc3c2)nc(-c2ccccc2)nc1-c1ccccc1-c1cccc2c1Oc1ccccc1C21c2ccccc2-c2ccccc21. The van der Waals surface area contributed by atoms with Crippen LogP contribution in [0.15, 0.2) is 188 Å². The van der Waals surface area contributed by atoms with Crippen LogP contribution < -0.4 is 4.74 Å². The average molecular weight is 703 g/mol. The summed E-state index contributed by atoms with van der Waals surface area (Å²) in [6.45, 7) is 2.15. The molecule has 9 aromatic rings. The van der Waals surface area contributed by atoms with Gasteiger partial charge in [-0.1, -0.05) is 176 Å². The Hall–Kier alpha value is -7.10. The standard InChI is InChI=1S/C52H34N2O/c1-33-48(37-31-30-34-16-5-6-19-36(34)32-37)53-51(35-17-3-2-4-18-35)54-49(33)41-23-8-7-20-38(41)42-24-15-28-46-50(42)55-47-29-14-13-27-45(47)52(46)43-25-11-9-21-39(43)40-22-10-12-26-44(40)52/h2-32H,1H3. The van der Waals surface area contributed by atoms with Gasteiger partial charge in [-0.25, -0.2) is 9.97 Å². The lowest BCUT2D eigenvalue weighted by atomic mass is 9.65. The van der Waals surface area contributed by atoms with Gasteiger partial charge in [0.2, 0.25) is 0 Å². The van der Waals surface area contributed by atoms with Crippen molar-refractivity contribution in [1.82, 2.24) is 9.97 Å². The van der Waals surface area contributed by atoms with Gasteiger partial charge in [-0.05, 0) is 57.6 Å². The van der Waals surface area contributed by atoms with E-state index in [-0.39, 0.29) is 0 Å². The lowest BCUT2D eigenvalue weighted by Crippen LogP contribution is -2.32. The van der Waals surface area contributed by atoms with Gasteiger partial charge < -0.3 is 4.74 Å². The van der Waals surface area contributed by atoms with E-state index < -0.39 is 5.41 Å². The van der Waals surface area contributed by atoms with E-state index in [1.807, 2.05) is 18.2 Å². The Morgan fingerprint density at radius 3 is 1.73 bits per heavy atom. The van der Waals surface area contributed by atoms with Gasteiger partial charge >= 0.3 is 0 Å². The molecule has 1 aliphatic heterocycles. The molecule has 1 aliphatic carbocycles. The molecule has 0 amide bonds. The van der Waals surface area contributed by atoms with Crippen molar-refractivity contribution in [2.75, 3.05) is 0 Å². The second-order valence-electron chi connectivity index (χ2n) is 14.5. The summed E-state index contributed by atoms with van der Waals surface area (Å²) < 4.78 is 7.10. The third kappa shape index (κ3) is 4.63. The summed E-state index contributed by atoms with van der Waals surface area (Å²) in [7, 11) is 0. The van der Waals surface area contributed by atoms with Gasteiger partial charge in [-0.3, -0.25) is 0 Å². The molecule has 0 saturated heterocycles. The van der Waals surface area contributed by atoms with Crippen molar-refractivity contribution >= 4 is 10.8 Å². The number of ether oxygens (including phenoxy) is 1. The second-order valence-corrected chi connectivity index (χ2v) is 14.5. The summed E-state index contributed by atoms with van der Waals surface area (Å²) in [5, 5.41) is 2.38. The van der Waals surface area contributed by atoms with Gasteiger partial charge in [-0.15, -0.1) is 0 Å². The fourth-order valence-corrected chi connectivity index (χ4v) is 9.13. The van der Waals surface area contributed by atoms with Gasteiger partial charge in [-0.2, -0.15) is 0 Å². The van der Waals surface area contributed by atoms with E-state index in [9.17, 15) is 0 Å². The first kappa shape index (κ1) is 31.4. The Balaban J connectivity index is 1.17. The van der Waals surface area contributed by atoms with E-state index in [2.05, 4.69) is 177 Å². The molecule has 2 aliphatic rings. The van der Waals surface area contributed by atoms with Gasteiger partial charge in [0.25, 0.3) is 0 Å². The van der Waals surface area contributed by atoms with Crippen molar-refractivity contribution in [3.63, 3.8) is 0 Å². The average Bonchev–Trinajstić information content (AvgIpc) is 3.54. The zero-order chi connectivity index (χ0) is 36.5. The third-order valence-corrected chi connectivity index (χ3v) is 11.5. The van der Waals surface area contributed by atoms with Crippen LogP contribution in [0.5, 0.6) is 11.5 Å². The Bertz CT molecular complexity index is 2940. The number of hydrogen-bond acceptors (Lipinski definition) is 3. The summed E-state index contributed by atoms with van der Waals surface area (Å²) in [6.07, 6.45) is 0. The minimum absolute atomic E-state index is 0.545. The lowest BCUT2D eigenvalue weighted by molar-refractivity contribution is 0.438. The molecule has 55 heavy (non-hydrogen) atoms. The maximum Gasteiger partial charge on any atom is 0.160 e. The molecule has 3 heteroatoms. The summed E-state index contributed by atoms with van der Waals surface area (Å²) >= 11 is 0. The number of para-hydroxylation sites is 2. The highest BCUT2D eigenvalue weighted by Crippen LogP contribution is 2.63. The maximum atomic E-state index is 7.10. The monoisotopic (exact) mass is 702 g/mol. The van der Waals surface area contributed by atoms with Crippen LogP contribution >= 0.6 is 0 Å². The van der Waals surface area contributed by atoms with Crippen molar-refractivity contribution in [1.29, 1.82) is 0 Å². The van der Waals surface area contributed by atoms with E-state index >= 15 is 0 Å². The molecule has 258 valence electrons. The maximum absolute atomic E-state index is 7.10. The lowest BCUT2D eigenvalue weighted by Gasteiger charge is -2.40. The number of hydrogen-bond donors (Lipinski definition) is 0. The highest BCUT2D eigenvalue weighted by molar-refractivity contribution is 5.94. The minimum Gasteiger partial charge on any atom is -0.456 e. The normalized spacial score (nSPS) is 13.1. The zero-order valence-corrected chi connectivity index (χ0v) is 30.2. The molecule has 0 N–H and O–H groups in total. The van der Waals surface area contributed by atoms with Crippen molar-refractivity contribution in [2.45, 2.75) is 12.3 Å². The van der Waals surface area contributed by atoms with Crippen molar-refractivity contribution < 1.29 is 4.74 Å². The van der Waals surface area contributed by atoms with Gasteiger partial charge in [0.1, 0.15) is 11.5 Å². The first-order chi connectivity index (χ1) is 27.2. The summed E-state index contributed by atoms with van der Waals surface area (Å²) in [5.74, 6) is 2.43. The number of fused-ring (bicyclic) bond motifs is 10. The molecule has 1 aromatic heterocycles. The number of rotatable bonds is 4. The smallest absolute Gasteiger partial charge is 0.160 e. The summed E-state index contributed by atoms with van der Waals surface area (Å²) in [4.78, 5) is 10.6. The second kappa shape index (κ2) is 12.2. The van der Waals surface area contributed by atoms with Gasteiger partial charge in [0, 0.05) is 38.9 Å². The molecule has 0 atom stereocenters. The third-order valence-electron chi connectivity index (χ3n) is 11.5. The van der Waals surface area contributed by atoms with Crippen LogP contribution in [-0.4, -0.2) is 9.97 Å². The van der Waals surface area contributed by atoms with E-state index in [1.54, 1.807) is 0 Å². The van der Waals surface area contributed by atoms with Crippen molar-refractivity contribution in [3.8, 4) is 67.7 Å². The van der Waals surface area contributed by atoms with Crippen LogP contribution in [0.1, 0.15) is 27.8 Å². The predicted molar refractivity (Wildman–Crippen MR) is 223 cm³/mol. The van der Waals surface area contributed by atoms with Crippen molar-refractivity contribution in [2.24, 2.45) is 0 Å². The molecule has 8 aromatic carbocycles. The largest absolute Gasteiger partial charge is 0.456 e. The Morgan fingerprint density at radius 2 is 0.964 bits per heavy atom. The molecule has 0 fully saturated rings.